The lowest BCUT2D eigenvalue weighted by Crippen LogP contribution is -2.48. The number of nitrogens with zero attached hydrogens (tertiary/aromatic N) is 6. The van der Waals surface area contributed by atoms with E-state index in [4.69, 9.17) is 0 Å². The van der Waals surface area contributed by atoms with Crippen LogP contribution in [0.15, 0.2) is 48.7 Å². The van der Waals surface area contributed by atoms with Gasteiger partial charge in [-0.2, -0.15) is 0 Å². The summed E-state index contributed by atoms with van der Waals surface area (Å²) in [7, 11) is 0. The molecule has 0 unspecified atom stereocenters. The second-order valence-electron chi connectivity index (χ2n) is 8.91. The van der Waals surface area contributed by atoms with Gasteiger partial charge in [-0.1, -0.05) is 50.2 Å². The number of nitrogens with one attached hydrogen (secondary N) is 1. The second-order valence-corrected chi connectivity index (χ2v) is 8.91. The number of aromatic nitrogens is 5. The van der Waals surface area contributed by atoms with E-state index in [1.807, 2.05) is 56.3 Å². The van der Waals surface area contributed by atoms with Crippen LogP contribution in [0.25, 0.3) is 0 Å². The topological polar surface area (TPSA) is 106 Å². The number of pyridine rings is 1. The summed E-state index contributed by atoms with van der Waals surface area (Å²) in [5, 5.41) is 12.7. The summed E-state index contributed by atoms with van der Waals surface area (Å²) in [5.41, 5.74) is 2.39. The highest BCUT2D eigenvalue weighted by molar-refractivity contribution is 5.88. The van der Waals surface area contributed by atoms with Crippen molar-refractivity contribution in [1.82, 2.24) is 35.4 Å². The largest absolute Gasteiger partial charge is 0.342 e. The van der Waals surface area contributed by atoms with E-state index in [1.54, 1.807) is 6.20 Å². The highest BCUT2D eigenvalue weighted by Crippen LogP contribution is 2.26. The fourth-order valence-corrected chi connectivity index (χ4v) is 4.15. The molecular formula is C24H26F3N7O2. The van der Waals surface area contributed by atoms with Gasteiger partial charge in [0.1, 0.15) is 18.8 Å². The number of alkyl halides is 3. The van der Waals surface area contributed by atoms with E-state index >= 15 is 0 Å². The molecule has 3 aromatic rings. The molecule has 36 heavy (non-hydrogen) atoms. The van der Waals surface area contributed by atoms with Gasteiger partial charge in [-0.25, -0.2) is 17.9 Å². The molecule has 0 aliphatic carbocycles. The van der Waals surface area contributed by atoms with Crippen molar-refractivity contribution in [3.8, 4) is 0 Å². The quantitative estimate of drug-likeness (QED) is 0.509. The molecule has 4 rings (SSSR count). The van der Waals surface area contributed by atoms with Crippen molar-refractivity contribution in [2.75, 3.05) is 6.54 Å². The third-order valence-corrected chi connectivity index (χ3v) is 6.10. The van der Waals surface area contributed by atoms with Gasteiger partial charge in [0.2, 0.25) is 17.6 Å². The number of hydrogen-bond acceptors (Lipinski definition) is 6. The van der Waals surface area contributed by atoms with Crippen LogP contribution in [0.3, 0.4) is 0 Å². The van der Waals surface area contributed by atoms with Crippen LogP contribution in [0.2, 0.25) is 0 Å². The standard InChI is InChI=1S/C24H26F3N7O2/c1-14(2)16-8-9-18(28-11-16)21(15-6-4-3-5-7-15)29-24(36)19-10-17(25)12-33(19)20(35)13-34-23(22(26)27)30-31-32-34/h3-9,11,14,17,19,21-22H,10,12-13H2,1-2H3,(H,29,36)/t17-,19+,21+/m1/s1. The molecule has 9 nitrogen and oxygen atoms in total. The molecule has 190 valence electrons. The summed E-state index contributed by atoms with van der Waals surface area (Å²) < 4.78 is 41.2. The van der Waals surface area contributed by atoms with Gasteiger partial charge < -0.3 is 10.2 Å². The van der Waals surface area contributed by atoms with Crippen molar-refractivity contribution in [1.29, 1.82) is 0 Å². The van der Waals surface area contributed by atoms with Crippen LogP contribution in [0.1, 0.15) is 61.3 Å². The van der Waals surface area contributed by atoms with E-state index in [9.17, 15) is 22.8 Å². The number of tetrazole rings is 1. The van der Waals surface area contributed by atoms with Crippen LogP contribution in [-0.4, -0.2) is 60.7 Å². The van der Waals surface area contributed by atoms with E-state index in [-0.39, 0.29) is 18.9 Å². The Morgan fingerprint density at radius 1 is 1.11 bits per heavy atom. The summed E-state index contributed by atoms with van der Waals surface area (Å²) in [6, 6.07) is 11.2. The Morgan fingerprint density at radius 2 is 1.86 bits per heavy atom. The van der Waals surface area contributed by atoms with E-state index < -0.39 is 48.9 Å². The fourth-order valence-electron chi connectivity index (χ4n) is 4.15. The second kappa shape index (κ2) is 10.8. The maximum atomic E-state index is 14.4. The van der Waals surface area contributed by atoms with Gasteiger partial charge in [0.05, 0.1) is 18.3 Å². The van der Waals surface area contributed by atoms with Crippen molar-refractivity contribution in [2.45, 2.75) is 57.4 Å². The molecule has 1 saturated heterocycles. The van der Waals surface area contributed by atoms with Crippen LogP contribution < -0.4 is 5.32 Å². The highest BCUT2D eigenvalue weighted by atomic mass is 19.3. The first-order chi connectivity index (χ1) is 17.2. The molecular weight excluding hydrogens is 475 g/mol. The van der Waals surface area contributed by atoms with Crippen molar-refractivity contribution in [2.24, 2.45) is 0 Å². The molecule has 2 aromatic heterocycles. The van der Waals surface area contributed by atoms with Gasteiger partial charge in [-0.15, -0.1) is 5.10 Å². The Morgan fingerprint density at radius 3 is 2.50 bits per heavy atom. The number of likely N-dealkylation sites (tertiary alicyclic amines) is 1. The van der Waals surface area contributed by atoms with Crippen molar-refractivity contribution in [3.05, 3.63) is 71.3 Å². The van der Waals surface area contributed by atoms with Crippen LogP contribution >= 0.6 is 0 Å². The van der Waals surface area contributed by atoms with E-state index in [0.29, 0.717) is 10.4 Å². The van der Waals surface area contributed by atoms with Crippen molar-refractivity contribution in [3.63, 3.8) is 0 Å². The maximum Gasteiger partial charge on any atom is 0.298 e. The summed E-state index contributed by atoms with van der Waals surface area (Å²) in [4.78, 5) is 31.8. The summed E-state index contributed by atoms with van der Waals surface area (Å²) in [6.45, 7) is 3.13. The lowest BCUT2D eigenvalue weighted by Gasteiger charge is -2.26. The van der Waals surface area contributed by atoms with E-state index in [1.165, 1.54) is 0 Å². The minimum Gasteiger partial charge on any atom is -0.342 e. The monoisotopic (exact) mass is 501 g/mol. The minimum absolute atomic E-state index is 0.212. The first kappa shape index (κ1) is 25.3. The lowest BCUT2D eigenvalue weighted by atomic mass is 10.00. The Balaban J connectivity index is 1.55. The molecule has 12 heteroatoms. The van der Waals surface area contributed by atoms with Gasteiger partial charge >= 0.3 is 0 Å². The number of carbonyl (C=O) groups is 2. The molecule has 0 radical (unpaired) electrons. The fraction of sp³-hybridized carbons (Fsp3) is 0.417. The smallest absolute Gasteiger partial charge is 0.298 e. The third-order valence-electron chi connectivity index (χ3n) is 6.10. The summed E-state index contributed by atoms with van der Waals surface area (Å²) in [6.07, 6.45) is -2.89. The number of amides is 2. The van der Waals surface area contributed by atoms with E-state index in [0.717, 1.165) is 16.0 Å². The van der Waals surface area contributed by atoms with Gasteiger partial charge in [0, 0.05) is 12.6 Å². The number of hydrogen-bond donors (Lipinski definition) is 1. The van der Waals surface area contributed by atoms with Crippen molar-refractivity contribution >= 4 is 11.8 Å². The molecule has 3 heterocycles. The summed E-state index contributed by atoms with van der Waals surface area (Å²) >= 11 is 0. The lowest BCUT2D eigenvalue weighted by molar-refractivity contribution is -0.139. The average molecular weight is 502 g/mol. The zero-order valence-corrected chi connectivity index (χ0v) is 19.8. The zero-order chi connectivity index (χ0) is 25.8. The molecule has 0 saturated carbocycles. The number of rotatable bonds is 8. The first-order valence-corrected chi connectivity index (χ1v) is 11.5. The Labute approximate surface area is 205 Å². The molecule has 0 spiro atoms. The van der Waals surface area contributed by atoms with Crippen molar-refractivity contribution < 1.29 is 22.8 Å². The Hall–Kier alpha value is -3.83. The Kier molecular flexibility index (Phi) is 7.61. The minimum atomic E-state index is -2.99. The molecule has 1 fully saturated rings. The molecule has 1 aromatic carbocycles. The molecule has 1 aliphatic rings. The first-order valence-electron chi connectivity index (χ1n) is 11.5. The molecule has 1 N–H and O–H groups in total. The maximum absolute atomic E-state index is 14.4. The highest BCUT2D eigenvalue weighted by Gasteiger charge is 2.41. The predicted octanol–water partition coefficient (Wildman–Crippen LogP) is 2.97. The number of carbonyl (C=O) groups excluding carboxylic acids is 2. The van der Waals surface area contributed by atoms with E-state index in [2.05, 4.69) is 25.8 Å². The SMILES string of the molecule is CC(C)c1ccc([C@@H](NC(=O)[C@@H]2C[C@@H](F)CN2C(=O)Cn2nnnc2C(F)F)c2ccccc2)nc1. The molecule has 2 amide bonds. The van der Waals surface area contributed by atoms with Crippen LogP contribution in [-0.2, 0) is 16.1 Å². The Bertz CT molecular complexity index is 1190. The molecule has 0 bridgehead atoms. The van der Waals surface area contributed by atoms with Gasteiger partial charge in [0.25, 0.3) is 6.43 Å². The van der Waals surface area contributed by atoms with Gasteiger partial charge in [-0.05, 0) is 33.5 Å². The zero-order valence-electron chi connectivity index (χ0n) is 19.8. The van der Waals surface area contributed by atoms with Crippen LogP contribution in [0, 0.1) is 0 Å². The number of benzene rings is 1. The molecule has 3 atom stereocenters. The average Bonchev–Trinajstić information content (AvgIpc) is 3.49. The van der Waals surface area contributed by atoms with Gasteiger partial charge in [0.15, 0.2) is 0 Å². The predicted molar refractivity (Wildman–Crippen MR) is 123 cm³/mol. The normalized spacial score (nSPS) is 18.6. The third kappa shape index (κ3) is 5.52. The van der Waals surface area contributed by atoms with Gasteiger partial charge in [-0.3, -0.25) is 14.6 Å². The molecule has 1 aliphatic heterocycles. The van der Waals surface area contributed by atoms with Crippen LogP contribution in [0.4, 0.5) is 13.2 Å². The van der Waals surface area contributed by atoms with Crippen LogP contribution in [0.5, 0.6) is 0 Å². The summed E-state index contributed by atoms with van der Waals surface area (Å²) in [5.74, 6) is -1.81. The number of halogens is 3.